The lowest BCUT2D eigenvalue weighted by Crippen LogP contribution is -2.08. The molecule has 1 aromatic carbocycles. The van der Waals surface area contributed by atoms with Crippen molar-refractivity contribution in [3.05, 3.63) is 40.5 Å². The minimum absolute atomic E-state index is 0.352. The molecular weight excluding hydrogens is 338 g/mol. The van der Waals surface area contributed by atoms with Crippen molar-refractivity contribution in [3.8, 4) is 0 Å². The molecule has 0 spiro atoms. The Kier molecular flexibility index (Phi) is 4.43. The molecule has 0 radical (unpaired) electrons. The van der Waals surface area contributed by atoms with Gasteiger partial charge in [0.25, 0.3) is 0 Å². The zero-order chi connectivity index (χ0) is 13.9. The summed E-state index contributed by atoms with van der Waals surface area (Å²) in [5.74, 6) is 3.16. The van der Waals surface area contributed by atoms with Crippen LogP contribution in [0.5, 0.6) is 0 Å². The number of benzene rings is 1. The van der Waals surface area contributed by atoms with Gasteiger partial charge in [-0.25, -0.2) is 0 Å². The number of thioether (sulfide) groups is 1. The van der Waals surface area contributed by atoms with E-state index < -0.39 is 0 Å². The lowest BCUT2D eigenvalue weighted by atomic mass is 9.98. The van der Waals surface area contributed by atoms with Gasteiger partial charge in [-0.1, -0.05) is 24.2 Å². The predicted octanol–water partition coefficient (Wildman–Crippen LogP) is 3.45. The van der Waals surface area contributed by atoms with Crippen LogP contribution in [0.2, 0.25) is 0 Å². The summed E-state index contributed by atoms with van der Waals surface area (Å²) in [6.45, 7) is 4.17. The monoisotopic (exact) mass is 353 g/mol. The third-order valence-corrected chi connectivity index (χ3v) is 5.54. The summed E-state index contributed by atoms with van der Waals surface area (Å²) in [6.07, 6.45) is 0. The van der Waals surface area contributed by atoms with Crippen molar-refractivity contribution >= 4 is 27.7 Å². The molecule has 2 heterocycles. The molecule has 2 atom stereocenters. The molecule has 1 aliphatic heterocycles. The molecule has 0 aliphatic carbocycles. The van der Waals surface area contributed by atoms with E-state index >= 15 is 0 Å². The van der Waals surface area contributed by atoms with Gasteiger partial charge in [0, 0.05) is 15.9 Å². The number of hydrogen-bond donors (Lipinski definition) is 1. The van der Waals surface area contributed by atoms with E-state index in [2.05, 4.69) is 44.4 Å². The molecule has 2 aromatic rings. The number of nitrogens with one attached hydrogen (secondary N) is 1. The third kappa shape index (κ3) is 3.07. The summed E-state index contributed by atoms with van der Waals surface area (Å²) < 4.78 is 6.51. The smallest absolute Gasteiger partial charge is 0.231 e. The van der Waals surface area contributed by atoms with Crippen molar-refractivity contribution in [1.82, 2.24) is 15.5 Å². The number of rotatable bonds is 4. The maximum absolute atomic E-state index is 5.41. The zero-order valence-electron chi connectivity index (χ0n) is 11.2. The molecule has 3 rings (SSSR count). The van der Waals surface area contributed by atoms with Crippen molar-refractivity contribution in [2.75, 3.05) is 13.1 Å². The minimum atomic E-state index is 0.352. The lowest BCUT2D eigenvalue weighted by Gasteiger charge is -2.07. The maximum atomic E-state index is 5.41. The molecule has 4 nitrogen and oxygen atoms in total. The Morgan fingerprint density at radius 3 is 3.00 bits per heavy atom. The molecule has 1 N–H and O–H groups in total. The molecule has 1 aromatic heterocycles. The lowest BCUT2D eigenvalue weighted by molar-refractivity contribution is 0.337. The molecule has 1 fully saturated rings. The second-order valence-corrected chi connectivity index (χ2v) is 6.88. The first kappa shape index (κ1) is 14.1. The molecule has 0 saturated carbocycles. The van der Waals surface area contributed by atoms with E-state index in [4.69, 9.17) is 4.52 Å². The van der Waals surface area contributed by atoms with Crippen LogP contribution in [0.4, 0.5) is 0 Å². The van der Waals surface area contributed by atoms with Crippen LogP contribution in [0.1, 0.15) is 24.6 Å². The second-order valence-electron chi connectivity index (χ2n) is 5.01. The van der Waals surface area contributed by atoms with Crippen LogP contribution in [0, 0.1) is 5.92 Å². The highest BCUT2D eigenvalue weighted by atomic mass is 79.9. The summed E-state index contributed by atoms with van der Waals surface area (Å²) in [4.78, 5) is 5.72. The Morgan fingerprint density at radius 2 is 2.25 bits per heavy atom. The van der Waals surface area contributed by atoms with Crippen LogP contribution in [0.3, 0.4) is 0 Å². The van der Waals surface area contributed by atoms with Crippen LogP contribution in [0.25, 0.3) is 0 Å². The fraction of sp³-hybridized carbons (Fsp3) is 0.429. The van der Waals surface area contributed by atoms with Crippen LogP contribution in [-0.4, -0.2) is 23.2 Å². The molecular formula is C14H16BrN3OS. The fourth-order valence-corrected chi connectivity index (χ4v) is 3.73. The number of nitrogens with zero attached hydrogens (tertiary/aromatic N) is 2. The zero-order valence-corrected chi connectivity index (χ0v) is 13.6. The van der Waals surface area contributed by atoms with E-state index in [1.54, 1.807) is 11.8 Å². The second kappa shape index (κ2) is 6.28. The molecule has 6 heteroatoms. The van der Waals surface area contributed by atoms with Crippen molar-refractivity contribution < 1.29 is 4.52 Å². The summed E-state index contributed by atoms with van der Waals surface area (Å²) in [5, 5.41) is 7.45. The first-order valence-electron chi connectivity index (χ1n) is 6.64. The summed E-state index contributed by atoms with van der Waals surface area (Å²) in [5.41, 5.74) is 0. The van der Waals surface area contributed by atoms with E-state index in [-0.39, 0.29) is 0 Å². The Bertz CT molecular complexity index is 589. The maximum Gasteiger partial charge on any atom is 0.231 e. The van der Waals surface area contributed by atoms with Gasteiger partial charge in [0.05, 0.1) is 11.7 Å². The van der Waals surface area contributed by atoms with E-state index in [1.165, 1.54) is 4.90 Å². The van der Waals surface area contributed by atoms with Gasteiger partial charge in [-0.05, 0) is 40.5 Å². The van der Waals surface area contributed by atoms with Crippen molar-refractivity contribution in [2.24, 2.45) is 5.92 Å². The minimum Gasteiger partial charge on any atom is -0.339 e. The number of aromatic nitrogens is 2. The highest BCUT2D eigenvalue weighted by molar-refractivity contribution is 9.10. The number of halogens is 1. The van der Waals surface area contributed by atoms with Crippen molar-refractivity contribution in [2.45, 2.75) is 23.5 Å². The Balaban J connectivity index is 1.64. The van der Waals surface area contributed by atoms with Crippen molar-refractivity contribution in [3.63, 3.8) is 0 Å². The van der Waals surface area contributed by atoms with Gasteiger partial charge in [0.1, 0.15) is 0 Å². The van der Waals surface area contributed by atoms with Crippen LogP contribution in [-0.2, 0) is 5.75 Å². The molecule has 0 amide bonds. The average molecular weight is 354 g/mol. The normalized spacial score (nSPS) is 22.3. The Labute approximate surface area is 130 Å². The topological polar surface area (TPSA) is 51.0 Å². The SMILES string of the molecule is C[C@@H]1CNC[C@H]1c1nc(CSc2ccccc2Br)no1. The molecule has 106 valence electrons. The van der Waals surface area contributed by atoms with Gasteiger partial charge in [0.2, 0.25) is 5.89 Å². The molecule has 0 bridgehead atoms. The van der Waals surface area contributed by atoms with Gasteiger partial charge in [-0.15, -0.1) is 11.8 Å². The first-order valence-corrected chi connectivity index (χ1v) is 8.42. The largest absolute Gasteiger partial charge is 0.339 e. The van der Waals surface area contributed by atoms with Crippen LogP contribution in [0.15, 0.2) is 38.2 Å². The van der Waals surface area contributed by atoms with Crippen molar-refractivity contribution in [1.29, 1.82) is 0 Å². The molecule has 1 aliphatic rings. The predicted molar refractivity (Wildman–Crippen MR) is 82.8 cm³/mol. The van der Waals surface area contributed by atoms with Gasteiger partial charge in [-0.2, -0.15) is 4.98 Å². The summed E-state index contributed by atoms with van der Waals surface area (Å²) in [6, 6.07) is 8.16. The van der Waals surface area contributed by atoms with Gasteiger partial charge in [0.15, 0.2) is 5.82 Å². The van der Waals surface area contributed by atoms with E-state index in [0.717, 1.165) is 35.0 Å². The van der Waals surface area contributed by atoms with Crippen LogP contribution >= 0.6 is 27.7 Å². The first-order chi connectivity index (χ1) is 9.74. The van der Waals surface area contributed by atoms with Gasteiger partial charge < -0.3 is 9.84 Å². The van der Waals surface area contributed by atoms with Crippen LogP contribution < -0.4 is 5.32 Å². The Morgan fingerprint density at radius 1 is 1.40 bits per heavy atom. The standard InChI is InChI=1S/C14H16BrN3OS/c1-9-6-16-7-10(9)14-17-13(18-19-14)8-20-12-5-3-2-4-11(12)15/h2-5,9-10,16H,6-8H2,1H3/t9-,10-/m1/s1. The van der Waals surface area contributed by atoms with Gasteiger partial charge >= 0.3 is 0 Å². The molecule has 20 heavy (non-hydrogen) atoms. The van der Waals surface area contributed by atoms with E-state index in [9.17, 15) is 0 Å². The number of hydrogen-bond acceptors (Lipinski definition) is 5. The Hall–Kier alpha value is -0.850. The molecule has 0 unspecified atom stereocenters. The summed E-state index contributed by atoms with van der Waals surface area (Å²) >= 11 is 5.25. The quantitative estimate of drug-likeness (QED) is 0.853. The van der Waals surface area contributed by atoms with Gasteiger partial charge in [-0.3, -0.25) is 0 Å². The third-order valence-electron chi connectivity index (χ3n) is 3.51. The van der Waals surface area contributed by atoms with E-state index in [0.29, 0.717) is 11.8 Å². The average Bonchev–Trinajstić information content (AvgIpc) is 3.06. The fourth-order valence-electron chi connectivity index (χ4n) is 2.32. The molecule has 1 saturated heterocycles. The highest BCUT2D eigenvalue weighted by Gasteiger charge is 2.29. The van der Waals surface area contributed by atoms with E-state index in [1.807, 2.05) is 18.2 Å². The summed E-state index contributed by atoms with van der Waals surface area (Å²) in [7, 11) is 0. The highest BCUT2D eigenvalue weighted by Crippen LogP contribution is 2.30.